The molecule has 1 saturated carbocycles. The summed E-state index contributed by atoms with van der Waals surface area (Å²) in [5, 5.41) is 9.06. The first-order valence-corrected chi connectivity index (χ1v) is 4.47. The van der Waals surface area contributed by atoms with E-state index < -0.39 is 0 Å². The molecule has 1 aromatic rings. The molecule has 1 aliphatic carbocycles. The normalized spacial score (nSPS) is 28.2. The molecule has 13 heavy (non-hydrogen) atoms. The number of hydrogen-bond donors (Lipinski definition) is 1. The number of carbonyl (C=O) groups excluding carboxylic acids is 1. The summed E-state index contributed by atoms with van der Waals surface area (Å²) in [7, 11) is 0. The molecular formula is C10H12O3. The third-order valence-corrected chi connectivity index (χ3v) is 2.65. The van der Waals surface area contributed by atoms with Crippen molar-refractivity contribution in [2.75, 3.05) is 6.61 Å². The van der Waals surface area contributed by atoms with E-state index in [0.717, 1.165) is 5.76 Å². The molecule has 2 rings (SSSR count). The van der Waals surface area contributed by atoms with E-state index >= 15 is 0 Å². The maximum Gasteiger partial charge on any atom is 0.134 e. The molecule has 0 aromatic carbocycles. The molecule has 0 saturated heterocycles. The predicted molar refractivity (Wildman–Crippen MR) is 46.3 cm³/mol. The molecule has 2 unspecified atom stereocenters. The molecule has 0 radical (unpaired) electrons. The van der Waals surface area contributed by atoms with Crippen molar-refractivity contribution in [2.45, 2.75) is 18.8 Å². The molecule has 1 aromatic heterocycles. The van der Waals surface area contributed by atoms with Gasteiger partial charge in [0.15, 0.2) is 0 Å². The van der Waals surface area contributed by atoms with Gasteiger partial charge in [0, 0.05) is 25.4 Å². The van der Waals surface area contributed by atoms with Gasteiger partial charge in [0.25, 0.3) is 0 Å². The summed E-state index contributed by atoms with van der Waals surface area (Å²) in [5.41, 5.74) is 0. The van der Waals surface area contributed by atoms with Gasteiger partial charge >= 0.3 is 0 Å². The molecule has 0 aliphatic heterocycles. The van der Waals surface area contributed by atoms with E-state index in [1.165, 1.54) is 0 Å². The molecule has 2 atom stereocenters. The fraction of sp³-hybridized carbons (Fsp3) is 0.500. The fourth-order valence-corrected chi connectivity index (χ4v) is 1.96. The lowest BCUT2D eigenvalue weighted by molar-refractivity contribution is -0.117. The van der Waals surface area contributed by atoms with Crippen LogP contribution in [0.1, 0.15) is 24.5 Å². The van der Waals surface area contributed by atoms with Crippen molar-refractivity contribution in [3.63, 3.8) is 0 Å². The van der Waals surface area contributed by atoms with Gasteiger partial charge in [0.1, 0.15) is 11.5 Å². The third kappa shape index (κ3) is 1.52. The highest BCUT2D eigenvalue weighted by atomic mass is 16.3. The number of aliphatic hydroxyl groups is 1. The molecule has 1 N–H and O–H groups in total. The van der Waals surface area contributed by atoms with Crippen molar-refractivity contribution >= 4 is 5.78 Å². The zero-order chi connectivity index (χ0) is 9.26. The fourth-order valence-electron chi connectivity index (χ4n) is 1.96. The van der Waals surface area contributed by atoms with Gasteiger partial charge < -0.3 is 9.52 Å². The second-order valence-electron chi connectivity index (χ2n) is 3.51. The standard InChI is InChI=1S/C10H12O3/c11-6-7-4-8(12)5-9(7)10-2-1-3-13-10/h1-3,7,9,11H,4-6H2. The molecule has 1 heterocycles. The topological polar surface area (TPSA) is 50.4 Å². The first-order chi connectivity index (χ1) is 6.31. The Morgan fingerprint density at radius 1 is 1.54 bits per heavy atom. The summed E-state index contributed by atoms with van der Waals surface area (Å²) in [6, 6.07) is 3.68. The van der Waals surface area contributed by atoms with E-state index in [2.05, 4.69) is 0 Å². The molecule has 1 fully saturated rings. The zero-order valence-electron chi connectivity index (χ0n) is 7.27. The first kappa shape index (κ1) is 8.51. The Hall–Kier alpha value is -1.09. The van der Waals surface area contributed by atoms with Crippen LogP contribution in [0.5, 0.6) is 0 Å². The second-order valence-corrected chi connectivity index (χ2v) is 3.51. The minimum absolute atomic E-state index is 0.0543. The van der Waals surface area contributed by atoms with Gasteiger partial charge in [-0.2, -0.15) is 0 Å². The summed E-state index contributed by atoms with van der Waals surface area (Å²) in [6.45, 7) is 0.0666. The Morgan fingerprint density at radius 3 is 3.00 bits per heavy atom. The molecule has 0 spiro atoms. The van der Waals surface area contributed by atoms with Crippen LogP contribution in [0.4, 0.5) is 0 Å². The van der Waals surface area contributed by atoms with Crippen LogP contribution >= 0.6 is 0 Å². The molecule has 3 heteroatoms. The lowest BCUT2D eigenvalue weighted by Gasteiger charge is -2.12. The Morgan fingerprint density at radius 2 is 2.38 bits per heavy atom. The molecule has 3 nitrogen and oxygen atoms in total. The predicted octanol–water partition coefficient (Wildman–Crippen LogP) is 1.33. The van der Waals surface area contributed by atoms with Crippen LogP contribution in [-0.2, 0) is 4.79 Å². The van der Waals surface area contributed by atoms with Crippen molar-refractivity contribution in [3.8, 4) is 0 Å². The molecule has 0 bridgehead atoms. The van der Waals surface area contributed by atoms with Crippen LogP contribution in [0, 0.1) is 5.92 Å². The molecule has 70 valence electrons. The van der Waals surface area contributed by atoms with Crippen molar-refractivity contribution in [3.05, 3.63) is 24.2 Å². The Bertz CT molecular complexity index is 289. The largest absolute Gasteiger partial charge is 0.469 e. The summed E-state index contributed by atoms with van der Waals surface area (Å²) in [6.07, 6.45) is 2.60. The quantitative estimate of drug-likeness (QED) is 0.747. The maximum atomic E-state index is 11.2. The minimum Gasteiger partial charge on any atom is -0.469 e. The van der Waals surface area contributed by atoms with Crippen LogP contribution in [0.3, 0.4) is 0 Å². The summed E-state index contributed by atoms with van der Waals surface area (Å²) in [4.78, 5) is 11.2. The highest BCUT2D eigenvalue weighted by molar-refractivity contribution is 5.82. The van der Waals surface area contributed by atoms with E-state index in [4.69, 9.17) is 9.52 Å². The Balaban J connectivity index is 2.19. The van der Waals surface area contributed by atoms with Crippen LogP contribution in [-0.4, -0.2) is 17.5 Å². The number of Topliss-reactive ketones (excluding diaryl/α,β-unsaturated/α-hetero) is 1. The van der Waals surface area contributed by atoms with Gasteiger partial charge in [-0.1, -0.05) is 0 Å². The first-order valence-electron chi connectivity index (χ1n) is 4.47. The van der Waals surface area contributed by atoms with E-state index in [9.17, 15) is 4.79 Å². The van der Waals surface area contributed by atoms with Gasteiger partial charge in [0.05, 0.1) is 6.26 Å². The van der Waals surface area contributed by atoms with Gasteiger partial charge in [-0.05, 0) is 18.1 Å². The van der Waals surface area contributed by atoms with Gasteiger partial charge in [-0.3, -0.25) is 4.79 Å². The lowest BCUT2D eigenvalue weighted by Crippen LogP contribution is -2.09. The average Bonchev–Trinajstić information content (AvgIpc) is 2.71. The number of ketones is 1. The van der Waals surface area contributed by atoms with Crippen molar-refractivity contribution in [1.82, 2.24) is 0 Å². The number of furan rings is 1. The van der Waals surface area contributed by atoms with Crippen LogP contribution in [0.15, 0.2) is 22.8 Å². The second kappa shape index (κ2) is 3.34. The molecule has 1 aliphatic rings. The highest BCUT2D eigenvalue weighted by Gasteiger charge is 2.34. The van der Waals surface area contributed by atoms with Crippen molar-refractivity contribution in [1.29, 1.82) is 0 Å². The highest BCUT2D eigenvalue weighted by Crippen LogP contribution is 2.37. The van der Waals surface area contributed by atoms with E-state index in [-0.39, 0.29) is 24.2 Å². The number of carbonyl (C=O) groups is 1. The molecular weight excluding hydrogens is 168 g/mol. The third-order valence-electron chi connectivity index (χ3n) is 2.65. The number of rotatable bonds is 2. The average molecular weight is 180 g/mol. The Kier molecular flexibility index (Phi) is 2.19. The van der Waals surface area contributed by atoms with E-state index in [1.807, 2.05) is 12.1 Å². The summed E-state index contributed by atoms with van der Waals surface area (Å²) < 4.78 is 5.23. The summed E-state index contributed by atoms with van der Waals surface area (Å²) in [5.74, 6) is 1.19. The van der Waals surface area contributed by atoms with Gasteiger partial charge in [-0.15, -0.1) is 0 Å². The van der Waals surface area contributed by atoms with Gasteiger partial charge in [-0.25, -0.2) is 0 Å². The minimum atomic E-state index is 0.0543. The SMILES string of the molecule is O=C1CC(CO)C(c2ccco2)C1. The van der Waals surface area contributed by atoms with Crippen molar-refractivity contribution < 1.29 is 14.3 Å². The smallest absolute Gasteiger partial charge is 0.134 e. The maximum absolute atomic E-state index is 11.2. The monoisotopic (exact) mass is 180 g/mol. The van der Waals surface area contributed by atoms with Gasteiger partial charge in [0.2, 0.25) is 0 Å². The van der Waals surface area contributed by atoms with Crippen LogP contribution in [0.2, 0.25) is 0 Å². The zero-order valence-corrected chi connectivity index (χ0v) is 7.27. The van der Waals surface area contributed by atoms with Crippen molar-refractivity contribution in [2.24, 2.45) is 5.92 Å². The van der Waals surface area contributed by atoms with Crippen LogP contribution in [0.25, 0.3) is 0 Å². The number of aliphatic hydroxyl groups excluding tert-OH is 1. The Labute approximate surface area is 76.4 Å². The van der Waals surface area contributed by atoms with E-state index in [0.29, 0.717) is 12.8 Å². The van der Waals surface area contributed by atoms with Crippen LogP contribution < -0.4 is 0 Å². The van der Waals surface area contributed by atoms with E-state index in [1.54, 1.807) is 6.26 Å². The molecule has 0 amide bonds. The lowest BCUT2D eigenvalue weighted by atomic mass is 9.95. The summed E-state index contributed by atoms with van der Waals surface area (Å²) >= 11 is 0. The number of hydrogen-bond acceptors (Lipinski definition) is 3.